The Labute approximate surface area is 358 Å². The van der Waals surface area contributed by atoms with Crippen molar-refractivity contribution >= 4 is 59.9 Å². The summed E-state index contributed by atoms with van der Waals surface area (Å²) in [4.78, 5) is 0. The van der Waals surface area contributed by atoms with E-state index in [1.807, 2.05) is 12.2 Å². The van der Waals surface area contributed by atoms with Gasteiger partial charge in [-0.25, -0.2) is 12.2 Å². The standard InChI is InChI=1S/C29H37.C13H8Br2.C5H5.2ClH.Zr/c1-21-14-13-15-22-20-27(6)25(4)18-10-9-16-23(25,2)24(3)17-11-12-19-26(24,5)29(27,8)28(21,22)7;14-12-5-1-10(2-6-12)9-11-3-7-13(15)8-4-11;1-2-4-5-3-1;;;/h9-20,22H,1-8H3;1-8H;1-3H,4H2;2*1H;/q-1;;-1;;;+2. The van der Waals surface area contributed by atoms with Crippen LogP contribution in [0, 0.1) is 56.3 Å². The molecule has 2 aromatic carbocycles. The van der Waals surface area contributed by atoms with E-state index in [9.17, 15) is 0 Å². The van der Waals surface area contributed by atoms with Crippen molar-refractivity contribution in [3.63, 3.8) is 0 Å². The van der Waals surface area contributed by atoms with Gasteiger partial charge in [-0.2, -0.15) is 6.08 Å². The van der Waals surface area contributed by atoms with Gasteiger partial charge in [-0.1, -0.05) is 115 Å². The fourth-order valence-electron chi connectivity index (χ4n) is 11.0. The molecular formula is C47H52Br2Cl2Zr. The SMILES string of the molecule is Brc1ccc([C](=[Zr+2])c2ccc(Br)cc2)cc1.CC1=CC=CC2[CH-]C3(C)C4(C)C=CC=CC4(C)C4(C)C=CC=CC4(C)C3(C)C12C.Cl.Cl.[C-]1=CC=CC1. The fraction of sp³-hybridized carbons (Fsp3) is 0.362. The summed E-state index contributed by atoms with van der Waals surface area (Å²) >= 11 is 8.34. The van der Waals surface area contributed by atoms with Crippen LogP contribution >= 0.6 is 56.7 Å². The summed E-state index contributed by atoms with van der Waals surface area (Å²) in [5.41, 5.74) is 4.32. The first-order valence-corrected chi connectivity index (χ1v) is 20.7. The molecule has 52 heavy (non-hydrogen) atoms. The van der Waals surface area contributed by atoms with Gasteiger partial charge in [0.2, 0.25) is 0 Å². The molecular weight excluding hydrogens is 886 g/mol. The number of rotatable bonds is 2. The Bertz CT molecular complexity index is 1860. The molecule has 0 aromatic heterocycles. The second kappa shape index (κ2) is 15.7. The Hall–Kier alpha value is -1.35. The zero-order valence-electron chi connectivity index (χ0n) is 31.6. The zero-order valence-corrected chi connectivity index (χ0v) is 38.9. The molecule has 0 amide bonds. The molecule has 0 heterocycles. The first-order chi connectivity index (χ1) is 23.6. The smallest absolute Gasteiger partial charge is 0.00455 e. The van der Waals surface area contributed by atoms with Gasteiger partial charge >= 0.3 is 128 Å². The summed E-state index contributed by atoms with van der Waals surface area (Å²) in [5.74, 6) is 0.460. The maximum absolute atomic E-state index is 3.45. The Morgan fingerprint density at radius 1 is 0.673 bits per heavy atom. The number of halogens is 4. The molecule has 0 bridgehead atoms. The van der Waals surface area contributed by atoms with Crippen molar-refractivity contribution < 1.29 is 24.2 Å². The Morgan fingerprint density at radius 2 is 1.13 bits per heavy atom. The van der Waals surface area contributed by atoms with E-state index in [1.165, 1.54) is 44.1 Å². The van der Waals surface area contributed by atoms with Gasteiger partial charge in [0, 0.05) is 10.8 Å². The van der Waals surface area contributed by atoms with E-state index in [0.717, 1.165) is 15.4 Å². The van der Waals surface area contributed by atoms with Crippen molar-refractivity contribution in [3.05, 3.63) is 172 Å². The van der Waals surface area contributed by atoms with Crippen LogP contribution in [0.2, 0.25) is 0 Å². The van der Waals surface area contributed by atoms with Crippen LogP contribution < -0.4 is 0 Å². The monoisotopic (exact) mass is 934 g/mol. The van der Waals surface area contributed by atoms with Crippen LogP contribution in [0.25, 0.3) is 0 Å². The number of fused-ring (bicyclic) bond motifs is 8. The summed E-state index contributed by atoms with van der Waals surface area (Å²) in [6.07, 6.45) is 39.3. The maximum atomic E-state index is 3.45. The average molecular weight is 939 g/mol. The average Bonchev–Trinajstić information content (AvgIpc) is 3.75. The zero-order chi connectivity index (χ0) is 36.2. The van der Waals surface area contributed by atoms with Crippen LogP contribution in [-0.4, -0.2) is 3.21 Å². The molecule has 0 radical (unpaired) electrons. The first kappa shape index (κ1) is 43.4. The van der Waals surface area contributed by atoms with E-state index in [2.05, 4.69) is 221 Å². The normalized spacial score (nSPS) is 37.8. The molecule has 6 aliphatic rings. The summed E-state index contributed by atoms with van der Waals surface area (Å²) in [5, 5.41) is 0. The fourth-order valence-corrected chi connectivity index (χ4v) is 12.3. The number of hydrogen-bond acceptors (Lipinski definition) is 0. The second-order valence-corrected chi connectivity index (χ2v) is 19.2. The molecule has 8 atom stereocenters. The molecule has 2 fully saturated rings. The van der Waals surface area contributed by atoms with Crippen LogP contribution in [0.4, 0.5) is 0 Å². The van der Waals surface area contributed by atoms with E-state index < -0.39 is 0 Å². The van der Waals surface area contributed by atoms with Crippen molar-refractivity contribution in [1.29, 1.82) is 0 Å². The van der Waals surface area contributed by atoms with Gasteiger partial charge in [-0.15, -0.1) is 48.6 Å². The van der Waals surface area contributed by atoms with Gasteiger partial charge in [0.25, 0.3) is 0 Å². The minimum absolute atomic E-state index is 0. The molecule has 0 saturated heterocycles. The molecule has 0 N–H and O–H groups in total. The van der Waals surface area contributed by atoms with E-state index >= 15 is 0 Å². The van der Waals surface area contributed by atoms with E-state index in [1.54, 1.807) is 0 Å². The Balaban J connectivity index is 0.000000221. The van der Waals surface area contributed by atoms with Crippen LogP contribution in [-0.2, 0) is 24.2 Å². The maximum Gasteiger partial charge on any atom is 0.00455 e. The quantitative estimate of drug-likeness (QED) is 0.263. The van der Waals surface area contributed by atoms with E-state index in [-0.39, 0.29) is 62.7 Å². The van der Waals surface area contributed by atoms with Gasteiger partial charge in [0.05, 0.1) is 0 Å². The molecule has 8 unspecified atom stereocenters. The van der Waals surface area contributed by atoms with Gasteiger partial charge in [0.1, 0.15) is 0 Å². The Morgan fingerprint density at radius 3 is 1.58 bits per heavy atom. The molecule has 2 saturated carbocycles. The van der Waals surface area contributed by atoms with Crippen LogP contribution in [0.5, 0.6) is 0 Å². The minimum atomic E-state index is 0. The molecule has 0 spiro atoms. The predicted molar refractivity (Wildman–Crippen MR) is 232 cm³/mol. The number of allylic oxidation sites excluding steroid dienone is 16. The Kier molecular flexibility index (Phi) is 13.1. The third kappa shape index (κ3) is 6.00. The van der Waals surface area contributed by atoms with E-state index in [4.69, 9.17) is 0 Å². The first-order valence-electron chi connectivity index (χ1n) is 17.8. The van der Waals surface area contributed by atoms with Crippen LogP contribution in [0.15, 0.2) is 148 Å². The van der Waals surface area contributed by atoms with Gasteiger partial charge in [0.15, 0.2) is 0 Å². The van der Waals surface area contributed by atoms with Crippen molar-refractivity contribution in [1.82, 2.24) is 0 Å². The molecule has 0 nitrogen and oxygen atoms in total. The van der Waals surface area contributed by atoms with Gasteiger partial charge < -0.3 is 6.42 Å². The van der Waals surface area contributed by atoms with Crippen LogP contribution in [0.3, 0.4) is 0 Å². The molecule has 6 aliphatic carbocycles. The van der Waals surface area contributed by atoms with Crippen molar-refractivity contribution in [2.24, 2.45) is 43.8 Å². The topological polar surface area (TPSA) is 0 Å². The molecule has 5 heteroatoms. The summed E-state index contributed by atoms with van der Waals surface area (Å²) in [7, 11) is 0. The molecule has 272 valence electrons. The molecule has 8 rings (SSSR count). The van der Waals surface area contributed by atoms with Crippen molar-refractivity contribution in [3.8, 4) is 0 Å². The third-order valence-electron chi connectivity index (χ3n) is 14.9. The largest absolute Gasteiger partial charge is 0.314 e. The number of benzene rings is 2. The summed E-state index contributed by atoms with van der Waals surface area (Å²) < 4.78 is 3.62. The third-order valence-corrected chi connectivity index (χ3v) is 17.4. The van der Waals surface area contributed by atoms with Gasteiger partial charge in [-0.05, 0) is 28.6 Å². The molecule has 0 aliphatic heterocycles. The number of hydrogen-bond donors (Lipinski definition) is 0. The predicted octanol–water partition coefficient (Wildman–Crippen LogP) is 14.1. The second-order valence-electron chi connectivity index (χ2n) is 16.1. The summed E-state index contributed by atoms with van der Waals surface area (Å²) in [6, 6.07) is 16.9. The van der Waals surface area contributed by atoms with Crippen LogP contribution in [0.1, 0.15) is 72.9 Å². The summed E-state index contributed by atoms with van der Waals surface area (Å²) in [6.45, 7) is 20.3. The minimum Gasteiger partial charge on any atom is -0.314 e. The van der Waals surface area contributed by atoms with Crippen molar-refractivity contribution in [2.45, 2.75) is 61.8 Å². The van der Waals surface area contributed by atoms with E-state index in [0.29, 0.717) is 5.92 Å². The van der Waals surface area contributed by atoms with Crippen molar-refractivity contribution in [2.75, 3.05) is 0 Å². The molecule has 2 aromatic rings. The van der Waals surface area contributed by atoms with Gasteiger partial charge in [-0.3, -0.25) is 6.08 Å².